The van der Waals surface area contributed by atoms with E-state index in [9.17, 15) is 4.39 Å². The highest BCUT2D eigenvalue weighted by Crippen LogP contribution is 2.23. The quantitative estimate of drug-likeness (QED) is 0.870. The fraction of sp³-hybridized carbons (Fsp3) is 0.625. The molecule has 1 aliphatic rings. The number of anilines is 1. The van der Waals surface area contributed by atoms with Crippen LogP contribution >= 0.6 is 0 Å². The second kappa shape index (κ2) is 7.04. The second-order valence-electron chi connectivity index (χ2n) is 5.64. The molecule has 0 amide bonds. The van der Waals surface area contributed by atoms with Gasteiger partial charge in [0, 0.05) is 25.7 Å². The summed E-state index contributed by atoms with van der Waals surface area (Å²) < 4.78 is 19.9. The summed E-state index contributed by atoms with van der Waals surface area (Å²) >= 11 is 0. The van der Waals surface area contributed by atoms with Crippen LogP contribution in [0.25, 0.3) is 0 Å². The third-order valence-electron chi connectivity index (χ3n) is 3.74. The Bertz CT molecular complexity index is 430. The van der Waals surface area contributed by atoms with E-state index < -0.39 is 0 Å². The third-order valence-corrected chi connectivity index (χ3v) is 3.74. The zero-order chi connectivity index (χ0) is 14.5. The Morgan fingerprint density at radius 2 is 2.30 bits per heavy atom. The van der Waals surface area contributed by atoms with E-state index in [1.54, 1.807) is 6.07 Å². The topological polar surface area (TPSA) is 38.5 Å². The van der Waals surface area contributed by atoms with Crippen LogP contribution < -0.4 is 10.6 Å². The van der Waals surface area contributed by atoms with Crippen LogP contribution in [0.1, 0.15) is 32.3 Å². The van der Waals surface area contributed by atoms with Crippen LogP contribution in [0.5, 0.6) is 0 Å². The summed E-state index contributed by atoms with van der Waals surface area (Å²) in [5, 5.41) is 0. The number of ether oxygens (including phenoxy) is 1. The lowest BCUT2D eigenvalue weighted by Gasteiger charge is -2.26. The minimum atomic E-state index is -0.164. The fourth-order valence-electron chi connectivity index (χ4n) is 2.74. The molecule has 2 atom stereocenters. The van der Waals surface area contributed by atoms with Gasteiger partial charge in [0.05, 0.1) is 11.8 Å². The summed E-state index contributed by atoms with van der Waals surface area (Å²) in [5.74, 6) is -0.164. The number of benzene rings is 1. The van der Waals surface area contributed by atoms with Crippen LogP contribution in [0.4, 0.5) is 10.1 Å². The number of hydrogen-bond acceptors (Lipinski definition) is 3. The average molecular weight is 280 g/mol. The Balaban J connectivity index is 2.08. The minimum absolute atomic E-state index is 0.0504. The Labute approximate surface area is 120 Å². The molecule has 2 rings (SSSR count). The predicted molar refractivity (Wildman–Crippen MR) is 80.6 cm³/mol. The molecule has 1 aliphatic heterocycles. The van der Waals surface area contributed by atoms with Gasteiger partial charge < -0.3 is 15.4 Å². The molecular formula is C16H25FN2O. The van der Waals surface area contributed by atoms with Crippen LogP contribution in [0.2, 0.25) is 0 Å². The summed E-state index contributed by atoms with van der Waals surface area (Å²) in [4.78, 5) is 2.06. The van der Waals surface area contributed by atoms with Crippen molar-refractivity contribution in [3.05, 3.63) is 29.6 Å². The number of nitrogens with zero attached hydrogens (tertiary/aromatic N) is 1. The molecule has 2 N–H and O–H groups in total. The van der Waals surface area contributed by atoms with Gasteiger partial charge in [-0.15, -0.1) is 0 Å². The molecule has 20 heavy (non-hydrogen) atoms. The van der Waals surface area contributed by atoms with Gasteiger partial charge in [-0.05, 0) is 50.8 Å². The highest BCUT2D eigenvalue weighted by molar-refractivity contribution is 5.49. The van der Waals surface area contributed by atoms with E-state index in [-0.39, 0.29) is 18.0 Å². The molecule has 2 unspecified atom stereocenters. The van der Waals surface area contributed by atoms with Crippen molar-refractivity contribution in [3.63, 3.8) is 0 Å². The monoisotopic (exact) mass is 280 g/mol. The van der Waals surface area contributed by atoms with Gasteiger partial charge in [0.25, 0.3) is 0 Å². The van der Waals surface area contributed by atoms with E-state index in [4.69, 9.17) is 10.5 Å². The molecule has 3 nitrogen and oxygen atoms in total. The molecule has 1 fully saturated rings. The summed E-state index contributed by atoms with van der Waals surface area (Å²) in [6, 6.07) is 5.50. The number of likely N-dealkylation sites (N-methyl/N-ethyl adjacent to an activating group) is 1. The van der Waals surface area contributed by atoms with Crippen LogP contribution in [0, 0.1) is 5.82 Å². The Hall–Kier alpha value is -1.13. The standard InChI is InChI=1S/C16H25FN2O/c1-3-19(11-14-5-4-8-20-14)16-7-6-13(9-12(2)18)10-15(16)17/h6-7,10,12,14H,3-5,8-9,11,18H2,1-2H3. The van der Waals surface area contributed by atoms with Gasteiger partial charge in [-0.25, -0.2) is 4.39 Å². The van der Waals surface area contributed by atoms with Crippen molar-refractivity contribution < 1.29 is 9.13 Å². The van der Waals surface area contributed by atoms with Crippen LogP contribution in [-0.4, -0.2) is 31.8 Å². The lowest BCUT2D eigenvalue weighted by molar-refractivity contribution is 0.115. The smallest absolute Gasteiger partial charge is 0.146 e. The lowest BCUT2D eigenvalue weighted by Crippen LogP contribution is -2.32. The molecule has 1 saturated heterocycles. The largest absolute Gasteiger partial charge is 0.376 e. The van der Waals surface area contributed by atoms with E-state index in [1.165, 1.54) is 0 Å². The zero-order valence-corrected chi connectivity index (χ0v) is 12.4. The molecule has 1 aromatic rings. The van der Waals surface area contributed by atoms with Crippen molar-refractivity contribution in [2.24, 2.45) is 5.73 Å². The molecule has 0 aliphatic carbocycles. The van der Waals surface area contributed by atoms with Gasteiger partial charge in [0.15, 0.2) is 0 Å². The van der Waals surface area contributed by atoms with Crippen molar-refractivity contribution in [3.8, 4) is 0 Å². The maximum atomic E-state index is 14.3. The summed E-state index contributed by atoms with van der Waals surface area (Å²) in [5.41, 5.74) is 7.37. The molecule has 1 heterocycles. The molecule has 0 radical (unpaired) electrons. The Morgan fingerprint density at radius 3 is 2.85 bits per heavy atom. The van der Waals surface area contributed by atoms with Crippen molar-refractivity contribution >= 4 is 5.69 Å². The first-order valence-corrected chi connectivity index (χ1v) is 7.50. The van der Waals surface area contributed by atoms with Crippen molar-refractivity contribution in [1.29, 1.82) is 0 Å². The van der Waals surface area contributed by atoms with Gasteiger partial charge in [-0.2, -0.15) is 0 Å². The van der Waals surface area contributed by atoms with E-state index in [1.807, 2.05) is 26.0 Å². The minimum Gasteiger partial charge on any atom is -0.376 e. The number of rotatable bonds is 6. The van der Waals surface area contributed by atoms with Gasteiger partial charge in [0.2, 0.25) is 0 Å². The number of nitrogens with two attached hydrogens (primary N) is 1. The predicted octanol–water partition coefficient (Wildman–Crippen LogP) is 2.72. The number of halogens is 1. The van der Waals surface area contributed by atoms with Crippen molar-refractivity contribution in [2.45, 2.75) is 45.3 Å². The highest BCUT2D eigenvalue weighted by atomic mass is 19.1. The molecule has 0 bridgehead atoms. The zero-order valence-electron chi connectivity index (χ0n) is 12.4. The van der Waals surface area contributed by atoms with E-state index in [0.29, 0.717) is 12.1 Å². The normalized spacial score (nSPS) is 20.1. The first-order valence-electron chi connectivity index (χ1n) is 7.50. The molecule has 0 aromatic heterocycles. The van der Waals surface area contributed by atoms with Gasteiger partial charge in [-0.1, -0.05) is 6.07 Å². The molecular weight excluding hydrogens is 255 g/mol. The van der Waals surface area contributed by atoms with E-state index in [2.05, 4.69) is 4.90 Å². The maximum absolute atomic E-state index is 14.3. The first-order chi connectivity index (χ1) is 9.60. The molecule has 112 valence electrons. The van der Waals surface area contributed by atoms with E-state index >= 15 is 0 Å². The molecule has 0 spiro atoms. The van der Waals surface area contributed by atoms with Crippen LogP contribution in [-0.2, 0) is 11.2 Å². The summed E-state index contributed by atoms with van der Waals surface area (Å²) in [7, 11) is 0. The summed E-state index contributed by atoms with van der Waals surface area (Å²) in [6.07, 6.45) is 3.12. The van der Waals surface area contributed by atoms with Crippen LogP contribution in [0.15, 0.2) is 18.2 Å². The Kier molecular flexibility index (Phi) is 5.38. The van der Waals surface area contributed by atoms with Crippen molar-refractivity contribution in [2.75, 3.05) is 24.6 Å². The third kappa shape index (κ3) is 3.93. The fourth-order valence-corrected chi connectivity index (χ4v) is 2.74. The molecule has 0 saturated carbocycles. The van der Waals surface area contributed by atoms with Crippen molar-refractivity contribution in [1.82, 2.24) is 0 Å². The lowest BCUT2D eigenvalue weighted by atomic mass is 10.1. The Morgan fingerprint density at radius 1 is 1.50 bits per heavy atom. The van der Waals surface area contributed by atoms with Crippen LogP contribution in [0.3, 0.4) is 0 Å². The molecule has 4 heteroatoms. The summed E-state index contributed by atoms with van der Waals surface area (Å²) in [6.45, 7) is 6.35. The SMILES string of the molecule is CCN(CC1CCCO1)c1ccc(CC(C)N)cc1F. The van der Waals surface area contributed by atoms with Gasteiger partial charge in [-0.3, -0.25) is 0 Å². The van der Waals surface area contributed by atoms with Gasteiger partial charge >= 0.3 is 0 Å². The second-order valence-corrected chi connectivity index (χ2v) is 5.64. The number of hydrogen-bond donors (Lipinski definition) is 1. The maximum Gasteiger partial charge on any atom is 0.146 e. The van der Waals surface area contributed by atoms with E-state index in [0.717, 1.165) is 38.1 Å². The van der Waals surface area contributed by atoms with Gasteiger partial charge in [0.1, 0.15) is 5.82 Å². The highest BCUT2D eigenvalue weighted by Gasteiger charge is 2.20. The first kappa shape index (κ1) is 15.3. The average Bonchev–Trinajstić information content (AvgIpc) is 2.89. The molecule has 1 aromatic carbocycles.